The highest BCUT2D eigenvalue weighted by Crippen LogP contribution is 1.93. The fraction of sp³-hybridized carbons (Fsp3) is 0.600. The molecule has 0 radical (unpaired) electrons. The van der Waals surface area contributed by atoms with Gasteiger partial charge in [0.1, 0.15) is 0 Å². The van der Waals surface area contributed by atoms with Gasteiger partial charge in [-0.05, 0) is 0 Å². The first-order valence-corrected chi connectivity index (χ1v) is 5.48. The molecule has 0 aromatic heterocycles. The Morgan fingerprint density at radius 1 is 0.682 bits per heavy atom. The van der Waals surface area contributed by atoms with Crippen molar-refractivity contribution < 1.29 is 39.6 Å². The Labute approximate surface area is 126 Å². The van der Waals surface area contributed by atoms with Gasteiger partial charge in [0, 0.05) is 26.2 Å². The molecule has 12 heteroatoms. The van der Waals surface area contributed by atoms with Gasteiger partial charge in [-0.3, -0.25) is 19.4 Å². The van der Waals surface area contributed by atoms with Gasteiger partial charge in [-0.1, -0.05) is 0 Å². The van der Waals surface area contributed by atoms with Gasteiger partial charge in [0.2, 0.25) is 0 Å². The Kier molecular flexibility index (Phi) is 14.0. The van der Waals surface area contributed by atoms with Crippen molar-refractivity contribution in [3.8, 4) is 0 Å². The summed E-state index contributed by atoms with van der Waals surface area (Å²) in [7, 11) is 0. The predicted octanol–water partition coefficient (Wildman–Crippen LogP) is -3.99. The van der Waals surface area contributed by atoms with Crippen LogP contribution >= 0.6 is 0 Å². The normalized spacial score (nSPS) is 9.73. The number of quaternary nitrogens is 2. The first kappa shape index (κ1) is 24.7. The lowest BCUT2D eigenvalue weighted by Crippen LogP contribution is -2.47. The second-order valence-corrected chi connectivity index (χ2v) is 3.95. The van der Waals surface area contributed by atoms with E-state index in [9.17, 15) is 29.4 Å². The van der Waals surface area contributed by atoms with Crippen LogP contribution in [0.3, 0.4) is 0 Å². The predicted molar refractivity (Wildman–Crippen MR) is 70.1 cm³/mol. The van der Waals surface area contributed by atoms with Crippen LogP contribution in [0.1, 0.15) is 0 Å². The van der Waals surface area contributed by atoms with Gasteiger partial charge in [0.25, 0.3) is 0 Å². The zero-order valence-corrected chi connectivity index (χ0v) is 12.5. The molecule has 0 heterocycles. The van der Waals surface area contributed by atoms with Crippen molar-refractivity contribution in [3.63, 3.8) is 0 Å². The molecule has 10 N–H and O–H groups in total. The molecule has 0 rings (SSSR count). The minimum absolute atomic E-state index is 0. The molecule has 0 aliphatic rings. The maximum atomic E-state index is 10.5. The molecule has 0 bridgehead atoms. The van der Waals surface area contributed by atoms with Crippen LogP contribution in [0.2, 0.25) is 0 Å². The van der Waals surface area contributed by atoms with Crippen LogP contribution in [0.25, 0.3) is 0 Å². The third-order valence-electron chi connectivity index (χ3n) is 2.16. The molecular weight excluding hydrogens is 304 g/mol. The third-order valence-corrected chi connectivity index (χ3v) is 2.16. The fourth-order valence-electron chi connectivity index (χ4n) is 1.46. The molecule has 0 saturated heterocycles. The molecule has 0 atom stereocenters. The standard InChI is InChI=1S/C10H16N2O8.2H3N/c13-7(14)3-11(4-8(15)16)1-2-12(5-9(17)18)6-10(19)20;;/h1-6H2,(H,13,14)(H,15,16)(H,17,18)(H,19,20);2*1H3. The number of rotatable bonds is 11. The number of hydrogen-bond acceptors (Lipinski definition) is 8. The summed E-state index contributed by atoms with van der Waals surface area (Å²) >= 11 is 0. The average molecular weight is 326 g/mol. The Morgan fingerprint density at radius 3 is 1.14 bits per heavy atom. The second kappa shape index (κ2) is 12.5. The second-order valence-electron chi connectivity index (χ2n) is 3.95. The Hall–Kier alpha value is -2.28. The van der Waals surface area contributed by atoms with Crippen LogP contribution in [0.15, 0.2) is 0 Å². The van der Waals surface area contributed by atoms with Gasteiger partial charge in [-0.15, -0.1) is 0 Å². The van der Waals surface area contributed by atoms with E-state index in [-0.39, 0.29) is 25.4 Å². The van der Waals surface area contributed by atoms with Crippen LogP contribution in [0.5, 0.6) is 0 Å². The van der Waals surface area contributed by atoms with E-state index in [1.54, 1.807) is 0 Å². The molecule has 0 aromatic carbocycles. The maximum absolute atomic E-state index is 10.5. The summed E-state index contributed by atoms with van der Waals surface area (Å²) in [6.07, 6.45) is 0. The largest absolute Gasteiger partial charge is 0.549 e. The highest BCUT2D eigenvalue weighted by Gasteiger charge is 2.14. The number of aliphatic carboxylic acids is 4. The zero-order valence-electron chi connectivity index (χ0n) is 12.5. The van der Waals surface area contributed by atoms with Crippen molar-refractivity contribution in [2.24, 2.45) is 0 Å². The highest BCUT2D eigenvalue weighted by molar-refractivity contribution is 5.72. The van der Waals surface area contributed by atoms with E-state index in [1.807, 2.05) is 0 Å². The zero-order chi connectivity index (χ0) is 15.7. The molecule has 0 fully saturated rings. The number of nitrogens with zero attached hydrogens (tertiary/aromatic N) is 2. The molecule has 0 amide bonds. The van der Waals surface area contributed by atoms with E-state index in [0.717, 1.165) is 9.80 Å². The van der Waals surface area contributed by atoms with Crippen molar-refractivity contribution >= 4 is 23.9 Å². The van der Waals surface area contributed by atoms with Gasteiger partial charge in [-0.25, -0.2) is 0 Å². The van der Waals surface area contributed by atoms with Crippen molar-refractivity contribution in [1.82, 2.24) is 22.1 Å². The van der Waals surface area contributed by atoms with Crippen LogP contribution in [-0.2, 0) is 19.2 Å². The molecule has 0 saturated carbocycles. The molecule has 0 aromatic rings. The Bertz CT molecular complexity index is 321. The SMILES string of the molecule is O=C([O-])CN(CCN(CC(=O)[O-])CC(=O)O)CC(=O)O.[NH4+].[NH4+]. The molecule has 0 aliphatic carbocycles. The van der Waals surface area contributed by atoms with E-state index in [0.29, 0.717) is 0 Å². The molecule has 0 spiro atoms. The van der Waals surface area contributed by atoms with E-state index in [4.69, 9.17) is 10.2 Å². The number of carbonyl (C=O) groups excluding carboxylic acids is 2. The molecule has 130 valence electrons. The molecule has 0 unspecified atom stereocenters. The number of carbonyl (C=O) groups is 4. The minimum atomic E-state index is -1.49. The number of carboxylic acid groups (broad SMARTS) is 4. The van der Waals surface area contributed by atoms with Crippen LogP contribution in [0.4, 0.5) is 0 Å². The summed E-state index contributed by atoms with van der Waals surface area (Å²) in [5.74, 6) is -5.52. The average Bonchev–Trinajstić information content (AvgIpc) is 2.22. The molecule has 12 nitrogen and oxygen atoms in total. The maximum Gasteiger partial charge on any atom is 0.317 e. The van der Waals surface area contributed by atoms with Gasteiger partial charge in [0.05, 0.1) is 25.0 Å². The first-order valence-electron chi connectivity index (χ1n) is 5.48. The van der Waals surface area contributed by atoms with Gasteiger partial charge in [0.15, 0.2) is 0 Å². The Morgan fingerprint density at radius 2 is 0.955 bits per heavy atom. The van der Waals surface area contributed by atoms with Crippen molar-refractivity contribution in [2.75, 3.05) is 39.3 Å². The van der Waals surface area contributed by atoms with Crippen LogP contribution in [-0.4, -0.2) is 83.2 Å². The van der Waals surface area contributed by atoms with Crippen molar-refractivity contribution in [1.29, 1.82) is 0 Å². The summed E-state index contributed by atoms with van der Waals surface area (Å²) in [4.78, 5) is 43.9. The topological polar surface area (TPSA) is 234 Å². The van der Waals surface area contributed by atoms with Crippen LogP contribution in [0, 0.1) is 0 Å². The molecule has 22 heavy (non-hydrogen) atoms. The monoisotopic (exact) mass is 326 g/mol. The quantitative estimate of drug-likeness (QED) is 0.287. The lowest BCUT2D eigenvalue weighted by Gasteiger charge is -2.26. The van der Waals surface area contributed by atoms with Gasteiger partial charge in [-0.2, -0.15) is 0 Å². The summed E-state index contributed by atoms with van der Waals surface area (Å²) in [5.41, 5.74) is 0. The first-order chi connectivity index (χ1) is 9.20. The number of carboxylic acids is 4. The smallest absolute Gasteiger partial charge is 0.317 e. The summed E-state index contributed by atoms with van der Waals surface area (Å²) < 4.78 is 0. The Balaban J connectivity index is -0.00000180. The number of hydrogen-bond donors (Lipinski definition) is 4. The fourth-order valence-corrected chi connectivity index (χ4v) is 1.46. The van der Waals surface area contributed by atoms with Crippen LogP contribution < -0.4 is 22.5 Å². The van der Waals surface area contributed by atoms with E-state index in [2.05, 4.69) is 0 Å². The lowest BCUT2D eigenvalue weighted by atomic mass is 10.4. The van der Waals surface area contributed by atoms with Crippen molar-refractivity contribution in [2.45, 2.75) is 0 Å². The van der Waals surface area contributed by atoms with Gasteiger partial charge < -0.3 is 42.3 Å². The molecule has 0 aliphatic heterocycles. The van der Waals surface area contributed by atoms with Gasteiger partial charge >= 0.3 is 11.9 Å². The lowest BCUT2D eigenvalue weighted by molar-refractivity contribution is -0.308. The summed E-state index contributed by atoms with van der Waals surface area (Å²) in [6.45, 7) is -2.75. The van der Waals surface area contributed by atoms with E-state index >= 15 is 0 Å². The molecular formula is C10H22N4O8. The third kappa shape index (κ3) is 14.1. The minimum Gasteiger partial charge on any atom is -0.549 e. The van der Waals surface area contributed by atoms with E-state index < -0.39 is 50.1 Å². The van der Waals surface area contributed by atoms with Crippen molar-refractivity contribution in [3.05, 3.63) is 0 Å². The van der Waals surface area contributed by atoms with E-state index in [1.165, 1.54) is 0 Å². The summed E-state index contributed by atoms with van der Waals surface area (Å²) in [6, 6.07) is 0. The highest BCUT2D eigenvalue weighted by atomic mass is 16.4. The summed E-state index contributed by atoms with van der Waals surface area (Å²) in [5, 5.41) is 38.0.